The van der Waals surface area contributed by atoms with Crippen LogP contribution in [-0.4, -0.2) is 4.98 Å². The summed E-state index contributed by atoms with van der Waals surface area (Å²) in [5.41, 5.74) is 7.61. The van der Waals surface area contributed by atoms with Gasteiger partial charge in [0.05, 0.1) is 5.69 Å². The molecule has 0 saturated heterocycles. The third kappa shape index (κ3) is 3.69. The molecule has 0 fully saturated rings. The number of rotatable bonds is 4. The number of fused-ring (bicyclic) bond motifs is 4. The zero-order valence-corrected chi connectivity index (χ0v) is 21.5. The first-order valence-electron chi connectivity index (χ1n) is 13.2. The Morgan fingerprint density at radius 1 is 0.579 bits per heavy atom. The molecule has 0 aliphatic heterocycles. The van der Waals surface area contributed by atoms with Crippen LogP contribution in [0.1, 0.15) is 25.3 Å². The van der Waals surface area contributed by atoms with Crippen LogP contribution in [0.3, 0.4) is 0 Å². The molecule has 2 aromatic heterocycles. The highest BCUT2D eigenvalue weighted by Crippen LogP contribution is 2.40. The molecule has 38 heavy (non-hydrogen) atoms. The maximum atomic E-state index is 6.49. The minimum absolute atomic E-state index is 0.466. The molecule has 5 aromatic carbocycles. The van der Waals surface area contributed by atoms with Gasteiger partial charge in [-0.2, -0.15) is 0 Å². The summed E-state index contributed by atoms with van der Waals surface area (Å²) in [7, 11) is 0. The van der Waals surface area contributed by atoms with E-state index >= 15 is 0 Å². The van der Waals surface area contributed by atoms with Gasteiger partial charge in [0.1, 0.15) is 11.3 Å². The molecule has 2 heteroatoms. The first-order valence-corrected chi connectivity index (χ1v) is 13.2. The van der Waals surface area contributed by atoms with Gasteiger partial charge in [-0.3, -0.25) is 4.98 Å². The zero-order chi connectivity index (χ0) is 25.6. The van der Waals surface area contributed by atoms with Crippen molar-refractivity contribution in [1.29, 1.82) is 0 Å². The second-order valence-corrected chi connectivity index (χ2v) is 10.2. The van der Waals surface area contributed by atoms with Crippen molar-refractivity contribution in [3.05, 3.63) is 127 Å². The van der Waals surface area contributed by atoms with Crippen LogP contribution < -0.4 is 0 Å². The standard InChI is InChI=1S/C36H27NO/c1-23(2)28-14-9-15-29-30(28)16-17-32-31(29)18-19-37-35(32)26-20-27-22-34(25-12-7-4-8-13-25)38-36(27)33(21-26)24-10-5-3-6-11-24/h3-23H,1-2H3. The van der Waals surface area contributed by atoms with Crippen molar-refractivity contribution in [1.82, 2.24) is 4.98 Å². The molecular formula is C36H27NO. The van der Waals surface area contributed by atoms with E-state index in [0.29, 0.717) is 5.92 Å². The number of hydrogen-bond acceptors (Lipinski definition) is 2. The first kappa shape index (κ1) is 22.5. The highest BCUT2D eigenvalue weighted by Gasteiger charge is 2.17. The second kappa shape index (κ2) is 9.00. The average Bonchev–Trinajstić information content (AvgIpc) is 3.41. The molecule has 0 N–H and O–H groups in total. The normalized spacial score (nSPS) is 11.7. The number of furan rings is 1. The molecule has 2 nitrogen and oxygen atoms in total. The Labute approximate surface area is 222 Å². The summed E-state index contributed by atoms with van der Waals surface area (Å²) in [6.45, 7) is 4.51. The molecule has 0 radical (unpaired) electrons. The van der Waals surface area contributed by atoms with Crippen LogP contribution in [0.5, 0.6) is 0 Å². The minimum Gasteiger partial charge on any atom is -0.455 e. The van der Waals surface area contributed by atoms with Crippen LogP contribution in [0.25, 0.3) is 66.2 Å². The Bertz CT molecular complexity index is 1930. The quantitative estimate of drug-likeness (QED) is 0.230. The van der Waals surface area contributed by atoms with Crippen LogP contribution in [0, 0.1) is 0 Å². The van der Waals surface area contributed by atoms with Gasteiger partial charge in [-0.05, 0) is 57.5 Å². The lowest BCUT2D eigenvalue weighted by Gasteiger charge is -2.14. The third-order valence-electron chi connectivity index (χ3n) is 7.49. The highest BCUT2D eigenvalue weighted by atomic mass is 16.3. The van der Waals surface area contributed by atoms with Crippen molar-refractivity contribution in [2.45, 2.75) is 19.8 Å². The fourth-order valence-electron chi connectivity index (χ4n) is 5.65. The van der Waals surface area contributed by atoms with Gasteiger partial charge in [0, 0.05) is 33.7 Å². The van der Waals surface area contributed by atoms with Crippen LogP contribution >= 0.6 is 0 Å². The van der Waals surface area contributed by atoms with Crippen molar-refractivity contribution in [2.24, 2.45) is 0 Å². The average molecular weight is 490 g/mol. The van der Waals surface area contributed by atoms with Gasteiger partial charge in [-0.1, -0.05) is 105 Å². The van der Waals surface area contributed by atoms with Gasteiger partial charge in [0.2, 0.25) is 0 Å². The summed E-state index contributed by atoms with van der Waals surface area (Å²) in [5.74, 6) is 1.33. The zero-order valence-electron chi connectivity index (χ0n) is 21.5. The Balaban J connectivity index is 1.50. The highest BCUT2D eigenvalue weighted by molar-refractivity contribution is 6.13. The molecule has 0 atom stereocenters. The smallest absolute Gasteiger partial charge is 0.142 e. The Hall–Kier alpha value is -4.69. The fourth-order valence-corrected chi connectivity index (χ4v) is 5.65. The van der Waals surface area contributed by atoms with Crippen molar-refractivity contribution < 1.29 is 4.42 Å². The maximum Gasteiger partial charge on any atom is 0.142 e. The molecule has 0 aliphatic carbocycles. The van der Waals surface area contributed by atoms with Gasteiger partial charge < -0.3 is 4.42 Å². The SMILES string of the molecule is CC(C)c1cccc2c1ccc1c(-c3cc(-c4ccccc4)c4oc(-c5ccccc5)cc4c3)nccc12. The van der Waals surface area contributed by atoms with Gasteiger partial charge in [0.25, 0.3) is 0 Å². The summed E-state index contributed by atoms with van der Waals surface area (Å²) in [6, 6.07) is 40.6. The van der Waals surface area contributed by atoms with E-state index in [2.05, 4.69) is 105 Å². The van der Waals surface area contributed by atoms with E-state index < -0.39 is 0 Å². The van der Waals surface area contributed by atoms with Gasteiger partial charge in [-0.25, -0.2) is 0 Å². The van der Waals surface area contributed by atoms with Crippen LogP contribution in [-0.2, 0) is 0 Å². The lowest BCUT2D eigenvalue weighted by molar-refractivity contribution is 0.632. The number of pyridine rings is 1. The third-order valence-corrected chi connectivity index (χ3v) is 7.49. The van der Waals surface area contributed by atoms with E-state index in [9.17, 15) is 0 Å². The molecule has 0 spiro atoms. The Morgan fingerprint density at radius 2 is 1.29 bits per heavy atom. The van der Waals surface area contributed by atoms with Crippen LogP contribution in [0.4, 0.5) is 0 Å². The van der Waals surface area contributed by atoms with Crippen LogP contribution in [0.15, 0.2) is 126 Å². The molecule has 7 rings (SSSR count). The molecule has 2 heterocycles. The molecule has 0 aliphatic rings. The molecule has 0 amide bonds. The van der Waals surface area contributed by atoms with Gasteiger partial charge in [0.15, 0.2) is 0 Å². The van der Waals surface area contributed by atoms with E-state index in [1.54, 1.807) is 0 Å². The van der Waals surface area contributed by atoms with E-state index in [1.807, 2.05) is 30.5 Å². The van der Waals surface area contributed by atoms with Gasteiger partial charge in [-0.15, -0.1) is 0 Å². The first-order chi connectivity index (χ1) is 18.7. The maximum absolute atomic E-state index is 6.49. The van der Waals surface area contributed by atoms with Crippen molar-refractivity contribution in [3.63, 3.8) is 0 Å². The van der Waals surface area contributed by atoms with Crippen molar-refractivity contribution in [2.75, 3.05) is 0 Å². The summed E-state index contributed by atoms with van der Waals surface area (Å²) in [4.78, 5) is 4.92. The summed E-state index contributed by atoms with van der Waals surface area (Å²) < 4.78 is 6.49. The summed E-state index contributed by atoms with van der Waals surface area (Å²) >= 11 is 0. The van der Waals surface area contributed by atoms with E-state index in [4.69, 9.17) is 9.40 Å². The van der Waals surface area contributed by atoms with Crippen LogP contribution in [0.2, 0.25) is 0 Å². The topological polar surface area (TPSA) is 26.0 Å². The Morgan fingerprint density at radius 3 is 2.05 bits per heavy atom. The second-order valence-electron chi connectivity index (χ2n) is 10.2. The molecule has 182 valence electrons. The number of aromatic nitrogens is 1. The molecular weight excluding hydrogens is 462 g/mol. The number of benzene rings is 5. The fraction of sp³-hybridized carbons (Fsp3) is 0.0833. The monoisotopic (exact) mass is 489 g/mol. The minimum atomic E-state index is 0.466. The Kier molecular flexibility index (Phi) is 5.33. The van der Waals surface area contributed by atoms with Crippen molar-refractivity contribution in [3.8, 4) is 33.7 Å². The van der Waals surface area contributed by atoms with Gasteiger partial charge >= 0.3 is 0 Å². The molecule has 0 saturated carbocycles. The van der Waals surface area contributed by atoms with Crippen molar-refractivity contribution >= 4 is 32.5 Å². The molecule has 7 aromatic rings. The molecule has 0 bridgehead atoms. The summed E-state index contributed by atoms with van der Waals surface area (Å²) in [6.07, 6.45) is 1.94. The van der Waals surface area contributed by atoms with E-state index in [-0.39, 0.29) is 0 Å². The number of hydrogen-bond donors (Lipinski definition) is 0. The lowest BCUT2D eigenvalue weighted by atomic mass is 9.91. The lowest BCUT2D eigenvalue weighted by Crippen LogP contribution is -1.92. The largest absolute Gasteiger partial charge is 0.455 e. The van der Waals surface area contributed by atoms with E-state index in [0.717, 1.165) is 50.1 Å². The predicted molar refractivity (Wildman–Crippen MR) is 159 cm³/mol. The molecule has 0 unspecified atom stereocenters. The predicted octanol–water partition coefficient (Wildman–Crippen LogP) is 10.3. The number of nitrogens with zero attached hydrogens (tertiary/aromatic N) is 1. The van der Waals surface area contributed by atoms with E-state index in [1.165, 1.54) is 21.7 Å². The summed E-state index contributed by atoms with van der Waals surface area (Å²) in [5, 5.41) is 6.05.